The molecule has 1 unspecified atom stereocenters. The summed E-state index contributed by atoms with van der Waals surface area (Å²) in [6, 6.07) is 6.08. The Hall–Kier alpha value is -1.70. The smallest absolute Gasteiger partial charge is 0.123 e. The van der Waals surface area contributed by atoms with E-state index in [-0.39, 0.29) is 0 Å². The molecule has 0 heterocycles. The summed E-state index contributed by atoms with van der Waals surface area (Å²) in [6.07, 6.45) is 0. The van der Waals surface area contributed by atoms with Crippen LogP contribution in [0.5, 0.6) is 11.5 Å². The van der Waals surface area contributed by atoms with Crippen molar-refractivity contribution < 1.29 is 9.47 Å². The molecule has 0 aliphatic heterocycles. The van der Waals surface area contributed by atoms with Crippen molar-refractivity contribution in [3.63, 3.8) is 0 Å². The number of ether oxygens (including phenoxy) is 2. The third-order valence-electron chi connectivity index (χ3n) is 4.30. The van der Waals surface area contributed by atoms with Crippen molar-refractivity contribution >= 4 is 5.57 Å². The number of methoxy groups -OCH3 is 2. The highest BCUT2D eigenvalue weighted by Gasteiger charge is 2.25. The Kier molecular flexibility index (Phi) is 3.70. The van der Waals surface area contributed by atoms with E-state index >= 15 is 0 Å². The molecule has 0 radical (unpaired) electrons. The minimum atomic E-state index is 0.455. The summed E-state index contributed by atoms with van der Waals surface area (Å²) in [5.41, 5.74) is 6.81. The highest BCUT2D eigenvalue weighted by Crippen LogP contribution is 2.43. The van der Waals surface area contributed by atoms with Crippen LogP contribution in [0.1, 0.15) is 33.3 Å². The van der Waals surface area contributed by atoms with E-state index in [4.69, 9.17) is 9.47 Å². The third kappa shape index (κ3) is 2.27. The summed E-state index contributed by atoms with van der Waals surface area (Å²) >= 11 is 0. The molecule has 1 aromatic rings. The van der Waals surface area contributed by atoms with E-state index in [9.17, 15) is 0 Å². The Morgan fingerprint density at radius 3 is 1.74 bits per heavy atom. The lowest BCUT2D eigenvalue weighted by Gasteiger charge is -2.15. The van der Waals surface area contributed by atoms with E-state index in [2.05, 4.69) is 39.8 Å². The summed E-state index contributed by atoms with van der Waals surface area (Å²) in [7, 11) is 3.37. The zero-order chi connectivity index (χ0) is 14.2. The van der Waals surface area contributed by atoms with Crippen LogP contribution in [0.25, 0.3) is 5.57 Å². The molecule has 0 saturated heterocycles. The van der Waals surface area contributed by atoms with Crippen LogP contribution in [0.3, 0.4) is 0 Å². The van der Waals surface area contributed by atoms with Crippen LogP contribution in [-0.4, -0.2) is 14.2 Å². The third-order valence-corrected chi connectivity index (χ3v) is 4.30. The van der Waals surface area contributed by atoms with Gasteiger partial charge in [0.2, 0.25) is 0 Å². The molecule has 2 heteroatoms. The predicted molar refractivity (Wildman–Crippen MR) is 79.7 cm³/mol. The van der Waals surface area contributed by atoms with Crippen molar-refractivity contribution in [3.05, 3.63) is 40.5 Å². The van der Waals surface area contributed by atoms with Crippen molar-refractivity contribution in [2.45, 2.75) is 27.7 Å². The first-order valence-electron chi connectivity index (χ1n) is 6.61. The maximum Gasteiger partial charge on any atom is 0.123 e. The van der Waals surface area contributed by atoms with E-state index in [1.807, 2.05) is 6.07 Å². The molecule has 0 amide bonds. The van der Waals surface area contributed by atoms with Crippen LogP contribution in [0, 0.1) is 5.92 Å². The maximum absolute atomic E-state index is 5.36. The fraction of sp³-hybridized carbons (Fsp3) is 0.412. The fourth-order valence-electron chi connectivity index (χ4n) is 2.79. The molecular formula is C17H22O2. The van der Waals surface area contributed by atoms with Crippen LogP contribution in [0.2, 0.25) is 0 Å². The Balaban J connectivity index is 2.55. The average Bonchev–Trinajstić information content (AvgIpc) is 2.62. The molecule has 1 atom stereocenters. The molecule has 0 bridgehead atoms. The first-order valence-corrected chi connectivity index (χ1v) is 6.61. The molecule has 2 nitrogen and oxygen atoms in total. The van der Waals surface area contributed by atoms with Gasteiger partial charge in [0.05, 0.1) is 14.2 Å². The van der Waals surface area contributed by atoms with Gasteiger partial charge in [-0.15, -0.1) is 0 Å². The molecule has 1 aliphatic rings. The van der Waals surface area contributed by atoms with Gasteiger partial charge < -0.3 is 9.47 Å². The van der Waals surface area contributed by atoms with E-state index in [1.54, 1.807) is 14.2 Å². The van der Waals surface area contributed by atoms with Gasteiger partial charge in [0.1, 0.15) is 11.5 Å². The van der Waals surface area contributed by atoms with Crippen LogP contribution in [0.4, 0.5) is 0 Å². The van der Waals surface area contributed by atoms with Gasteiger partial charge in [-0.05, 0) is 55.2 Å². The zero-order valence-corrected chi connectivity index (χ0v) is 12.6. The lowest BCUT2D eigenvalue weighted by molar-refractivity contribution is 0.394. The van der Waals surface area contributed by atoms with Gasteiger partial charge in [-0.25, -0.2) is 0 Å². The highest BCUT2D eigenvalue weighted by atomic mass is 16.5. The van der Waals surface area contributed by atoms with Crippen molar-refractivity contribution in [2.75, 3.05) is 14.2 Å². The molecular weight excluding hydrogens is 236 g/mol. The van der Waals surface area contributed by atoms with E-state index < -0.39 is 0 Å². The summed E-state index contributed by atoms with van der Waals surface area (Å²) < 4.78 is 10.7. The second kappa shape index (κ2) is 5.12. The first-order chi connectivity index (χ1) is 8.99. The Bertz CT molecular complexity index is 542. The van der Waals surface area contributed by atoms with Crippen molar-refractivity contribution in [1.82, 2.24) is 0 Å². The lowest BCUT2D eigenvalue weighted by Crippen LogP contribution is -1.98. The van der Waals surface area contributed by atoms with E-state index in [0.29, 0.717) is 5.92 Å². The maximum atomic E-state index is 5.36. The Labute approximate surface area is 115 Å². The van der Waals surface area contributed by atoms with E-state index in [1.165, 1.54) is 27.9 Å². The van der Waals surface area contributed by atoms with Crippen LogP contribution in [-0.2, 0) is 0 Å². The molecule has 0 N–H and O–H groups in total. The first kappa shape index (κ1) is 13.7. The van der Waals surface area contributed by atoms with Gasteiger partial charge >= 0.3 is 0 Å². The number of hydrogen-bond donors (Lipinski definition) is 0. The summed E-state index contributed by atoms with van der Waals surface area (Å²) in [5.74, 6) is 2.13. The quantitative estimate of drug-likeness (QED) is 0.796. The number of rotatable bonds is 3. The predicted octanol–water partition coefficient (Wildman–Crippen LogP) is 4.46. The molecule has 102 valence electrons. The number of benzene rings is 1. The Morgan fingerprint density at radius 2 is 1.37 bits per heavy atom. The fourth-order valence-corrected chi connectivity index (χ4v) is 2.79. The van der Waals surface area contributed by atoms with Gasteiger partial charge in [-0.1, -0.05) is 12.5 Å². The van der Waals surface area contributed by atoms with Crippen molar-refractivity contribution in [1.29, 1.82) is 0 Å². The highest BCUT2D eigenvalue weighted by molar-refractivity contribution is 5.80. The molecule has 2 rings (SSSR count). The van der Waals surface area contributed by atoms with Gasteiger partial charge in [0.15, 0.2) is 0 Å². The SMILES string of the molecule is COc1cc(OC)cc(C2=C(C)C(C)=C(C)C2C)c1. The monoisotopic (exact) mass is 258 g/mol. The van der Waals surface area contributed by atoms with Crippen LogP contribution >= 0.6 is 0 Å². The standard InChI is InChI=1S/C17H22O2/c1-10-11(2)13(4)17(12(10)3)14-7-15(18-5)9-16(8-14)19-6/h7-9,12H,1-6H3. The largest absolute Gasteiger partial charge is 0.497 e. The lowest BCUT2D eigenvalue weighted by atomic mass is 9.91. The van der Waals surface area contributed by atoms with Gasteiger partial charge in [-0.3, -0.25) is 0 Å². The molecule has 0 saturated carbocycles. The Morgan fingerprint density at radius 1 is 0.842 bits per heavy atom. The summed E-state index contributed by atoms with van der Waals surface area (Å²) in [5, 5.41) is 0. The van der Waals surface area contributed by atoms with Gasteiger partial charge in [-0.2, -0.15) is 0 Å². The van der Waals surface area contributed by atoms with Crippen LogP contribution < -0.4 is 9.47 Å². The van der Waals surface area contributed by atoms with Crippen molar-refractivity contribution in [2.24, 2.45) is 5.92 Å². The van der Waals surface area contributed by atoms with E-state index in [0.717, 1.165) is 11.5 Å². The summed E-state index contributed by atoms with van der Waals surface area (Å²) in [6.45, 7) is 8.87. The number of allylic oxidation sites excluding steroid dienone is 4. The van der Waals surface area contributed by atoms with Gasteiger partial charge in [0.25, 0.3) is 0 Å². The zero-order valence-electron chi connectivity index (χ0n) is 12.6. The topological polar surface area (TPSA) is 18.5 Å². The average molecular weight is 258 g/mol. The molecule has 1 aromatic carbocycles. The molecule has 0 fully saturated rings. The molecule has 0 aromatic heterocycles. The van der Waals surface area contributed by atoms with Crippen LogP contribution in [0.15, 0.2) is 34.9 Å². The second-order valence-corrected chi connectivity index (χ2v) is 5.17. The number of hydrogen-bond acceptors (Lipinski definition) is 2. The minimum Gasteiger partial charge on any atom is -0.497 e. The molecule has 1 aliphatic carbocycles. The molecule has 0 spiro atoms. The minimum absolute atomic E-state index is 0.455. The summed E-state index contributed by atoms with van der Waals surface area (Å²) in [4.78, 5) is 0. The van der Waals surface area contributed by atoms with Gasteiger partial charge in [0, 0.05) is 12.0 Å². The second-order valence-electron chi connectivity index (χ2n) is 5.17. The normalized spacial score (nSPS) is 19.2. The van der Waals surface area contributed by atoms with Crippen molar-refractivity contribution in [3.8, 4) is 11.5 Å². The molecule has 19 heavy (non-hydrogen) atoms.